The van der Waals surface area contributed by atoms with E-state index >= 15 is 0 Å². The number of nitrogens with one attached hydrogen (secondary N) is 1. The Morgan fingerprint density at radius 1 is 1.27 bits per heavy atom. The van der Waals surface area contributed by atoms with Gasteiger partial charge in [0.15, 0.2) is 0 Å². The highest BCUT2D eigenvalue weighted by Gasteiger charge is 2.34. The lowest BCUT2D eigenvalue weighted by atomic mass is 10.1. The van der Waals surface area contributed by atoms with Crippen LogP contribution in [-0.2, 0) is 14.8 Å². The van der Waals surface area contributed by atoms with Crippen LogP contribution in [0, 0.1) is 6.92 Å². The standard InChI is InChI=1S/C15H19N3O3S/c1-11-3-5-14(6-4-11)22(19,20)18-9-12(2)21-15(10-18)13-7-16-17-8-13/h3-8,12,15H,9-10H2,1-2H3,(H,16,17)/t12-,15-/m1/s1. The van der Waals surface area contributed by atoms with E-state index in [1.807, 2.05) is 26.0 Å². The fraction of sp³-hybridized carbons (Fsp3) is 0.400. The predicted molar refractivity (Wildman–Crippen MR) is 81.8 cm³/mol. The average molecular weight is 321 g/mol. The summed E-state index contributed by atoms with van der Waals surface area (Å²) in [7, 11) is -3.51. The summed E-state index contributed by atoms with van der Waals surface area (Å²) < 4.78 is 32.9. The average Bonchev–Trinajstić information content (AvgIpc) is 3.01. The van der Waals surface area contributed by atoms with E-state index in [9.17, 15) is 8.42 Å². The Hall–Kier alpha value is -1.70. The lowest BCUT2D eigenvalue weighted by molar-refractivity contribution is -0.0556. The van der Waals surface area contributed by atoms with E-state index in [-0.39, 0.29) is 12.2 Å². The maximum atomic E-state index is 12.8. The van der Waals surface area contributed by atoms with Crippen molar-refractivity contribution in [1.29, 1.82) is 0 Å². The normalized spacial score (nSPS) is 23.5. The van der Waals surface area contributed by atoms with Crippen molar-refractivity contribution in [2.75, 3.05) is 13.1 Å². The number of hydrogen-bond acceptors (Lipinski definition) is 4. The molecule has 1 aliphatic heterocycles. The number of aryl methyl sites for hydroxylation is 1. The van der Waals surface area contributed by atoms with E-state index in [1.165, 1.54) is 4.31 Å². The van der Waals surface area contributed by atoms with Crippen LogP contribution in [0.15, 0.2) is 41.6 Å². The molecule has 1 saturated heterocycles. The molecule has 1 N–H and O–H groups in total. The third kappa shape index (κ3) is 2.92. The van der Waals surface area contributed by atoms with Gasteiger partial charge in [0.2, 0.25) is 10.0 Å². The van der Waals surface area contributed by atoms with Gasteiger partial charge in [-0.15, -0.1) is 0 Å². The highest BCUT2D eigenvalue weighted by Crippen LogP contribution is 2.28. The van der Waals surface area contributed by atoms with Gasteiger partial charge in [0, 0.05) is 24.8 Å². The Morgan fingerprint density at radius 3 is 2.64 bits per heavy atom. The van der Waals surface area contributed by atoms with Crippen molar-refractivity contribution in [3.8, 4) is 0 Å². The van der Waals surface area contributed by atoms with E-state index in [0.717, 1.165) is 11.1 Å². The molecule has 0 amide bonds. The zero-order valence-corrected chi connectivity index (χ0v) is 13.4. The Kier molecular flexibility index (Phi) is 4.03. The van der Waals surface area contributed by atoms with Gasteiger partial charge in [-0.3, -0.25) is 5.10 Å². The fourth-order valence-electron chi connectivity index (χ4n) is 2.59. The Morgan fingerprint density at radius 2 is 2.00 bits per heavy atom. The second-order valence-corrected chi connectivity index (χ2v) is 7.54. The molecule has 2 aromatic rings. The summed E-state index contributed by atoms with van der Waals surface area (Å²) in [6, 6.07) is 6.92. The lowest BCUT2D eigenvalue weighted by Crippen LogP contribution is -2.45. The zero-order chi connectivity index (χ0) is 15.7. The van der Waals surface area contributed by atoms with Gasteiger partial charge in [0.05, 0.1) is 23.3 Å². The number of benzene rings is 1. The van der Waals surface area contributed by atoms with Gasteiger partial charge in [-0.25, -0.2) is 8.42 Å². The minimum atomic E-state index is -3.51. The van der Waals surface area contributed by atoms with Crippen LogP contribution in [-0.4, -0.2) is 42.1 Å². The van der Waals surface area contributed by atoms with Crippen LogP contribution in [0.1, 0.15) is 24.2 Å². The van der Waals surface area contributed by atoms with Gasteiger partial charge in [-0.1, -0.05) is 17.7 Å². The van der Waals surface area contributed by atoms with Crippen LogP contribution >= 0.6 is 0 Å². The van der Waals surface area contributed by atoms with Crippen LogP contribution in [0.5, 0.6) is 0 Å². The first-order valence-electron chi connectivity index (χ1n) is 7.18. The van der Waals surface area contributed by atoms with Gasteiger partial charge in [-0.2, -0.15) is 9.40 Å². The molecule has 2 heterocycles. The summed E-state index contributed by atoms with van der Waals surface area (Å²) in [5.74, 6) is 0. The summed E-state index contributed by atoms with van der Waals surface area (Å²) >= 11 is 0. The molecule has 118 valence electrons. The lowest BCUT2D eigenvalue weighted by Gasteiger charge is -2.35. The largest absolute Gasteiger partial charge is 0.368 e. The Bertz CT molecular complexity index is 726. The Balaban J connectivity index is 1.88. The molecule has 2 atom stereocenters. The number of rotatable bonds is 3. The molecule has 0 bridgehead atoms. The summed E-state index contributed by atoms with van der Waals surface area (Å²) in [6.45, 7) is 4.46. The first-order valence-corrected chi connectivity index (χ1v) is 8.62. The van der Waals surface area contributed by atoms with Crippen molar-refractivity contribution < 1.29 is 13.2 Å². The second-order valence-electron chi connectivity index (χ2n) is 5.60. The molecule has 0 aliphatic carbocycles. The molecular weight excluding hydrogens is 302 g/mol. The highest BCUT2D eigenvalue weighted by molar-refractivity contribution is 7.89. The third-order valence-electron chi connectivity index (χ3n) is 3.78. The SMILES string of the molecule is Cc1ccc(S(=O)(=O)N2C[C@@H](C)O[C@@H](c3cn[nH]c3)C2)cc1. The van der Waals surface area contributed by atoms with Crippen LogP contribution in [0.4, 0.5) is 0 Å². The molecule has 7 heteroatoms. The van der Waals surface area contributed by atoms with Crippen molar-refractivity contribution in [2.24, 2.45) is 0 Å². The number of nitrogens with zero attached hydrogens (tertiary/aromatic N) is 2. The molecule has 1 aliphatic rings. The monoisotopic (exact) mass is 321 g/mol. The predicted octanol–water partition coefficient (Wildman–Crippen LogP) is 1.87. The maximum absolute atomic E-state index is 12.8. The number of H-pyrrole nitrogens is 1. The van der Waals surface area contributed by atoms with Crippen molar-refractivity contribution >= 4 is 10.0 Å². The minimum Gasteiger partial charge on any atom is -0.368 e. The van der Waals surface area contributed by atoms with Gasteiger partial charge >= 0.3 is 0 Å². The van der Waals surface area contributed by atoms with Crippen molar-refractivity contribution in [2.45, 2.75) is 31.0 Å². The first kappa shape index (κ1) is 15.2. The highest BCUT2D eigenvalue weighted by atomic mass is 32.2. The van der Waals surface area contributed by atoms with Gasteiger partial charge in [0.1, 0.15) is 0 Å². The minimum absolute atomic E-state index is 0.172. The molecule has 3 rings (SSSR count). The summed E-state index contributed by atoms with van der Waals surface area (Å²) in [5, 5.41) is 6.64. The molecule has 1 aromatic carbocycles. The summed E-state index contributed by atoms with van der Waals surface area (Å²) in [4.78, 5) is 0.318. The van der Waals surface area contributed by atoms with Gasteiger partial charge < -0.3 is 4.74 Å². The summed E-state index contributed by atoms with van der Waals surface area (Å²) in [5.41, 5.74) is 1.89. The number of morpholine rings is 1. The van der Waals surface area contributed by atoms with Crippen molar-refractivity contribution in [3.05, 3.63) is 47.8 Å². The molecule has 0 radical (unpaired) electrons. The Labute approximate surface area is 130 Å². The second kappa shape index (κ2) is 5.83. The molecule has 22 heavy (non-hydrogen) atoms. The van der Waals surface area contributed by atoms with Gasteiger partial charge in [0.25, 0.3) is 0 Å². The van der Waals surface area contributed by atoms with Crippen LogP contribution in [0.2, 0.25) is 0 Å². The van der Waals surface area contributed by atoms with Crippen LogP contribution < -0.4 is 0 Å². The number of hydrogen-bond donors (Lipinski definition) is 1. The zero-order valence-electron chi connectivity index (χ0n) is 12.6. The molecule has 1 aromatic heterocycles. The quantitative estimate of drug-likeness (QED) is 0.936. The smallest absolute Gasteiger partial charge is 0.243 e. The van der Waals surface area contributed by atoms with Crippen molar-refractivity contribution in [3.63, 3.8) is 0 Å². The summed E-state index contributed by atoms with van der Waals surface area (Å²) in [6.07, 6.45) is 2.93. The fourth-order valence-corrected chi connectivity index (χ4v) is 4.11. The topological polar surface area (TPSA) is 75.3 Å². The maximum Gasteiger partial charge on any atom is 0.243 e. The van der Waals surface area contributed by atoms with Crippen molar-refractivity contribution in [1.82, 2.24) is 14.5 Å². The number of ether oxygens (including phenoxy) is 1. The number of aromatic nitrogens is 2. The van der Waals surface area contributed by atoms with Crippen LogP contribution in [0.25, 0.3) is 0 Å². The van der Waals surface area contributed by atoms with Crippen LogP contribution in [0.3, 0.4) is 0 Å². The number of sulfonamides is 1. The van der Waals surface area contributed by atoms with E-state index in [0.29, 0.717) is 18.0 Å². The molecular formula is C15H19N3O3S. The van der Waals surface area contributed by atoms with E-state index < -0.39 is 10.0 Å². The molecule has 0 unspecified atom stereocenters. The molecule has 0 saturated carbocycles. The first-order chi connectivity index (χ1) is 10.5. The molecule has 6 nitrogen and oxygen atoms in total. The van der Waals surface area contributed by atoms with E-state index in [4.69, 9.17) is 4.74 Å². The van der Waals surface area contributed by atoms with E-state index in [2.05, 4.69) is 10.2 Å². The number of aromatic amines is 1. The van der Waals surface area contributed by atoms with E-state index in [1.54, 1.807) is 24.5 Å². The molecule has 1 fully saturated rings. The third-order valence-corrected chi connectivity index (χ3v) is 5.62. The molecule has 0 spiro atoms. The van der Waals surface area contributed by atoms with Gasteiger partial charge in [-0.05, 0) is 26.0 Å².